The Kier molecular flexibility index (Phi) is 5.44. The fourth-order valence-corrected chi connectivity index (χ4v) is 3.76. The number of piperidine rings is 1. The second kappa shape index (κ2) is 7.60. The Morgan fingerprint density at radius 1 is 1.12 bits per heavy atom. The van der Waals surface area contributed by atoms with Crippen molar-refractivity contribution < 1.29 is 19.1 Å². The van der Waals surface area contributed by atoms with Gasteiger partial charge < -0.3 is 14.3 Å². The molecule has 1 unspecified atom stereocenters. The predicted molar refractivity (Wildman–Crippen MR) is 101 cm³/mol. The van der Waals surface area contributed by atoms with Gasteiger partial charge in [0, 0.05) is 6.42 Å². The summed E-state index contributed by atoms with van der Waals surface area (Å²) in [5.41, 5.74) is -0.741. The number of likely N-dealkylation sites (N-methyl/N-ethyl adjacent to an activating group) is 1. The monoisotopic (exact) mass is 354 g/mol. The third-order valence-electron chi connectivity index (χ3n) is 5.58. The summed E-state index contributed by atoms with van der Waals surface area (Å²) in [6, 6.07) is 18.1. The third-order valence-corrected chi connectivity index (χ3v) is 5.58. The number of benzene rings is 2. The lowest BCUT2D eigenvalue weighted by Crippen LogP contribution is -2.54. The molecular weight excluding hydrogens is 326 g/mol. The Labute approximate surface area is 155 Å². The van der Waals surface area contributed by atoms with Crippen molar-refractivity contribution in [3.63, 3.8) is 0 Å². The highest BCUT2D eigenvalue weighted by Crippen LogP contribution is 2.32. The molecule has 1 aliphatic heterocycles. The van der Waals surface area contributed by atoms with E-state index in [9.17, 15) is 9.90 Å². The van der Waals surface area contributed by atoms with E-state index in [-0.39, 0.29) is 6.10 Å². The summed E-state index contributed by atoms with van der Waals surface area (Å²) < 4.78 is 6.75. The average Bonchev–Trinajstić information content (AvgIpc) is 2.68. The predicted octanol–water partition coefficient (Wildman–Crippen LogP) is 3.09. The molecule has 0 saturated carbocycles. The average molecular weight is 354 g/mol. The molecule has 2 aromatic carbocycles. The Morgan fingerprint density at radius 3 is 2.15 bits per heavy atom. The molecule has 1 saturated heterocycles. The van der Waals surface area contributed by atoms with Gasteiger partial charge in [-0.15, -0.1) is 0 Å². The number of aliphatic hydroxyl groups is 1. The first-order valence-electron chi connectivity index (χ1n) is 9.36. The van der Waals surface area contributed by atoms with E-state index in [4.69, 9.17) is 4.74 Å². The molecule has 3 rings (SSSR count). The number of hydrogen-bond acceptors (Lipinski definition) is 3. The Balaban J connectivity index is 1.89. The van der Waals surface area contributed by atoms with Crippen molar-refractivity contribution in [2.75, 3.05) is 26.7 Å². The largest absolute Gasteiger partial charge is 0.454 e. The van der Waals surface area contributed by atoms with Gasteiger partial charge in [0.1, 0.15) is 6.54 Å². The summed E-state index contributed by atoms with van der Waals surface area (Å²) in [5.74, 6) is -0.593. The summed E-state index contributed by atoms with van der Waals surface area (Å²) in [7, 11) is 2.20. The molecule has 2 atom stereocenters. The van der Waals surface area contributed by atoms with Crippen LogP contribution in [0.5, 0.6) is 0 Å². The molecule has 0 aliphatic carbocycles. The summed E-state index contributed by atoms with van der Waals surface area (Å²) in [6.07, 6.45) is 1.71. The van der Waals surface area contributed by atoms with E-state index in [1.165, 1.54) is 0 Å². The quantitative estimate of drug-likeness (QED) is 0.663. The van der Waals surface area contributed by atoms with Crippen LogP contribution in [0.3, 0.4) is 0 Å². The van der Waals surface area contributed by atoms with Crippen molar-refractivity contribution in [2.45, 2.75) is 31.5 Å². The van der Waals surface area contributed by atoms with Crippen molar-refractivity contribution in [3.05, 3.63) is 71.8 Å². The number of quaternary nitrogens is 1. The minimum absolute atomic E-state index is 0.167. The molecule has 1 N–H and O–H groups in total. The van der Waals surface area contributed by atoms with Crippen LogP contribution in [-0.2, 0) is 15.1 Å². The highest BCUT2D eigenvalue weighted by Gasteiger charge is 2.44. The van der Waals surface area contributed by atoms with Crippen molar-refractivity contribution in [2.24, 2.45) is 0 Å². The van der Waals surface area contributed by atoms with E-state index in [1.807, 2.05) is 36.4 Å². The van der Waals surface area contributed by atoms with Gasteiger partial charge in [0.25, 0.3) is 0 Å². The Morgan fingerprint density at radius 2 is 1.65 bits per heavy atom. The highest BCUT2D eigenvalue weighted by atomic mass is 16.6. The first kappa shape index (κ1) is 18.6. The van der Waals surface area contributed by atoms with E-state index < -0.39 is 11.6 Å². The first-order valence-corrected chi connectivity index (χ1v) is 9.36. The van der Waals surface area contributed by atoms with Crippen LogP contribution in [0.15, 0.2) is 60.7 Å². The number of carbonyl (C=O) groups excluding carboxylic acids is 1. The highest BCUT2D eigenvalue weighted by molar-refractivity contribution is 5.85. The molecule has 1 aliphatic rings. The Bertz CT molecular complexity index is 692. The van der Waals surface area contributed by atoms with Crippen LogP contribution in [0.1, 0.15) is 30.9 Å². The molecule has 0 bridgehead atoms. The minimum atomic E-state index is -1.80. The van der Waals surface area contributed by atoms with Crippen LogP contribution in [-0.4, -0.2) is 48.3 Å². The summed E-state index contributed by atoms with van der Waals surface area (Å²) >= 11 is 0. The zero-order valence-electron chi connectivity index (χ0n) is 15.6. The van der Waals surface area contributed by atoms with Crippen molar-refractivity contribution >= 4 is 5.97 Å². The van der Waals surface area contributed by atoms with Crippen molar-refractivity contribution in [3.8, 4) is 0 Å². The first-order chi connectivity index (χ1) is 12.5. The maximum absolute atomic E-state index is 13.2. The van der Waals surface area contributed by atoms with Gasteiger partial charge in [-0.3, -0.25) is 0 Å². The van der Waals surface area contributed by atoms with Gasteiger partial charge in [-0.25, -0.2) is 4.79 Å². The SMILES string of the molecule is CC[N+]1(C)CCC[C@@H](OC(=O)C(O)(c2ccccc2)c2ccccc2)C1. The fourth-order valence-electron chi connectivity index (χ4n) is 3.76. The number of rotatable bonds is 5. The van der Waals surface area contributed by atoms with Crippen LogP contribution in [0.4, 0.5) is 0 Å². The lowest BCUT2D eigenvalue weighted by molar-refractivity contribution is -0.915. The second-order valence-electron chi connectivity index (χ2n) is 7.45. The molecule has 4 heteroatoms. The molecule has 2 aromatic rings. The van der Waals surface area contributed by atoms with Crippen molar-refractivity contribution in [1.29, 1.82) is 0 Å². The van der Waals surface area contributed by atoms with E-state index >= 15 is 0 Å². The summed E-state index contributed by atoms with van der Waals surface area (Å²) in [5, 5.41) is 11.5. The molecule has 4 nitrogen and oxygen atoms in total. The maximum Gasteiger partial charge on any atom is 0.348 e. The zero-order valence-corrected chi connectivity index (χ0v) is 15.6. The van der Waals surface area contributed by atoms with Gasteiger partial charge in [-0.2, -0.15) is 0 Å². The zero-order chi connectivity index (χ0) is 18.6. The smallest absolute Gasteiger partial charge is 0.348 e. The van der Waals surface area contributed by atoms with Gasteiger partial charge in [-0.05, 0) is 24.5 Å². The lowest BCUT2D eigenvalue weighted by Gasteiger charge is -2.41. The van der Waals surface area contributed by atoms with Crippen LogP contribution in [0, 0.1) is 0 Å². The van der Waals surface area contributed by atoms with Gasteiger partial charge in [0.2, 0.25) is 5.60 Å². The number of esters is 1. The summed E-state index contributed by atoms with van der Waals surface area (Å²) in [6.45, 7) is 5.07. The lowest BCUT2D eigenvalue weighted by atomic mass is 9.86. The molecule has 0 spiro atoms. The van der Waals surface area contributed by atoms with E-state index in [0.29, 0.717) is 11.1 Å². The molecule has 138 valence electrons. The topological polar surface area (TPSA) is 46.5 Å². The van der Waals surface area contributed by atoms with Crippen LogP contribution in [0.2, 0.25) is 0 Å². The normalized spacial score (nSPS) is 23.4. The number of ether oxygens (including phenoxy) is 1. The van der Waals surface area contributed by atoms with Gasteiger partial charge in [0.05, 0.1) is 20.1 Å². The molecule has 0 aromatic heterocycles. The van der Waals surface area contributed by atoms with Gasteiger partial charge in [-0.1, -0.05) is 60.7 Å². The fraction of sp³-hybridized carbons (Fsp3) is 0.409. The second-order valence-corrected chi connectivity index (χ2v) is 7.45. The maximum atomic E-state index is 13.2. The molecule has 0 radical (unpaired) electrons. The minimum Gasteiger partial charge on any atom is -0.454 e. The Hall–Kier alpha value is -2.17. The van der Waals surface area contributed by atoms with E-state index in [0.717, 1.165) is 37.0 Å². The number of likely N-dealkylation sites (tertiary alicyclic amines) is 1. The molecule has 26 heavy (non-hydrogen) atoms. The van der Waals surface area contributed by atoms with E-state index in [1.54, 1.807) is 24.3 Å². The van der Waals surface area contributed by atoms with Gasteiger partial charge >= 0.3 is 5.97 Å². The molecule has 0 amide bonds. The molecular formula is C22H28NO3+. The van der Waals surface area contributed by atoms with Gasteiger partial charge in [0.15, 0.2) is 6.10 Å². The molecule has 1 fully saturated rings. The number of nitrogens with zero attached hydrogens (tertiary/aromatic N) is 1. The standard InChI is InChI=1S/C22H28NO3/c1-3-23(2)16-10-15-20(17-23)26-21(24)22(25,18-11-6-4-7-12-18)19-13-8-5-9-14-19/h4-9,11-14,20,25H,3,10,15-17H2,1-2H3/q+1/t20-,23?/m1/s1. The summed E-state index contributed by atoms with van der Waals surface area (Å²) in [4.78, 5) is 13.2. The molecule has 1 heterocycles. The number of carbonyl (C=O) groups is 1. The number of hydrogen-bond donors (Lipinski definition) is 1. The van der Waals surface area contributed by atoms with Crippen LogP contribution < -0.4 is 0 Å². The van der Waals surface area contributed by atoms with E-state index in [2.05, 4.69) is 14.0 Å². The third kappa shape index (κ3) is 3.67. The van der Waals surface area contributed by atoms with Crippen molar-refractivity contribution in [1.82, 2.24) is 0 Å². The van der Waals surface area contributed by atoms with Crippen LogP contribution >= 0.6 is 0 Å². The van der Waals surface area contributed by atoms with Crippen LogP contribution in [0.25, 0.3) is 0 Å².